The van der Waals surface area contributed by atoms with Crippen LogP contribution in [0.5, 0.6) is 0 Å². The van der Waals surface area contributed by atoms with Crippen LogP contribution < -0.4 is 5.32 Å². The van der Waals surface area contributed by atoms with Gasteiger partial charge < -0.3 is 5.32 Å². The Kier molecular flexibility index (Phi) is 3.69. The van der Waals surface area contributed by atoms with Gasteiger partial charge in [0.05, 0.1) is 7.11 Å². The van der Waals surface area contributed by atoms with Crippen molar-refractivity contribution in [2.75, 3.05) is 20.7 Å². The summed E-state index contributed by atoms with van der Waals surface area (Å²) < 4.78 is 0. The molecule has 0 aromatic rings. The van der Waals surface area contributed by atoms with Gasteiger partial charge in [-0.25, -0.2) is 5.06 Å². The fourth-order valence-corrected chi connectivity index (χ4v) is 1.70. The van der Waals surface area contributed by atoms with Gasteiger partial charge in [0.2, 0.25) is 5.91 Å². The van der Waals surface area contributed by atoms with Crippen LogP contribution in [0, 0.1) is 5.92 Å². The summed E-state index contributed by atoms with van der Waals surface area (Å²) in [5.74, 6) is 0.219. The highest BCUT2D eigenvalue weighted by Crippen LogP contribution is 2.17. The van der Waals surface area contributed by atoms with E-state index in [1.165, 1.54) is 12.2 Å². The van der Waals surface area contributed by atoms with E-state index in [-0.39, 0.29) is 11.8 Å². The Morgan fingerprint density at radius 2 is 2.31 bits per heavy atom. The summed E-state index contributed by atoms with van der Waals surface area (Å²) in [6.45, 7) is 3.03. The maximum atomic E-state index is 11.6. The molecule has 1 heterocycles. The molecule has 1 N–H and O–H groups in total. The first-order chi connectivity index (χ1) is 6.15. The Hall–Kier alpha value is -0.610. The number of nitrogens with one attached hydrogen (secondary N) is 1. The second-order valence-electron chi connectivity index (χ2n) is 3.59. The van der Waals surface area contributed by atoms with Crippen molar-refractivity contribution in [2.45, 2.75) is 25.8 Å². The molecule has 0 aromatic carbocycles. The number of amides is 1. The van der Waals surface area contributed by atoms with Crippen LogP contribution in [-0.2, 0) is 9.63 Å². The SMILES string of the molecule is CON(C)C(=O)[C@@H]1CCN[C@H](C)C1. The highest BCUT2D eigenvalue weighted by Gasteiger charge is 2.26. The average Bonchev–Trinajstić information content (AvgIpc) is 2.15. The number of piperidine rings is 1. The number of nitrogens with zero attached hydrogens (tertiary/aromatic N) is 1. The summed E-state index contributed by atoms with van der Waals surface area (Å²) in [6.07, 6.45) is 1.82. The van der Waals surface area contributed by atoms with Crippen LogP contribution in [0.15, 0.2) is 0 Å². The number of rotatable bonds is 2. The smallest absolute Gasteiger partial charge is 0.249 e. The maximum Gasteiger partial charge on any atom is 0.249 e. The van der Waals surface area contributed by atoms with Crippen LogP contribution in [0.1, 0.15) is 19.8 Å². The minimum Gasteiger partial charge on any atom is -0.314 e. The summed E-state index contributed by atoms with van der Waals surface area (Å²) >= 11 is 0. The van der Waals surface area contributed by atoms with Gasteiger partial charge in [-0.05, 0) is 26.3 Å². The van der Waals surface area contributed by atoms with Gasteiger partial charge in [0.15, 0.2) is 0 Å². The number of carbonyl (C=O) groups excluding carboxylic acids is 1. The second-order valence-corrected chi connectivity index (χ2v) is 3.59. The molecule has 0 saturated carbocycles. The van der Waals surface area contributed by atoms with Crippen LogP contribution in [0.4, 0.5) is 0 Å². The first-order valence-electron chi connectivity index (χ1n) is 4.70. The molecule has 0 bridgehead atoms. The molecule has 13 heavy (non-hydrogen) atoms. The van der Waals surface area contributed by atoms with E-state index in [9.17, 15) is 4.79 Å². The lowest BCUT2D eigenvalue weighted by atomic mass is 9.92. The molecule has 4 nitrogen and oxygen atoms in total. The first-order valence-corrected chi connectivity index (χ1v) is 4.70. The van der Waals surface area contributed by atoms with Crippen molar-refractivity contribution in [1.82, 2.24) is 10.4 Å². The lowest BCUT2D eigenvalue weighted by Crippen LogP contribution is -2.42. The zero-order valence-electron chi connectivity index (χ0n) is 8.54. The zero-order chi connectivity index (χ0) is 9.84. The number of hydrogen-bond donors (Lipinski definition) is 1. The largest absolute Gasteiger partial charge is 0.314 e. The minimum atomic E-state index is 0.0934. The molecule has 2 atom stereocenters. The molecular formula is C9H18N2O2. The molecule has 0 unspecified atom stereocenters. The molecule has 1 amide bonds. The molecule has 0 radical (unpaired) electrons. The van der Waals surface area contributed by atoms with E-state index in [2.05, 4.69) is 12.2 Å². The van der Waals surface area contributed by atoms with Gasteiger partial charge in [0, 0.05) is 19.0 Å². The molecule has 0 aromatic heterocycles. The second kappa shape index (κ2) is 4.58. The monoisotopic (exact) mass is 186 g/mol. The molecular weight excluding hydrogens is 168 g/mol. The van der Waals surface area contributed by atoms with Crippen molar-refractivity contribution < 1.29 is 9.63 Å². The molecule has 1 aliphatic heterocycles. The Labute approximate surface area is 79.2 Å². The Bertz CT molecular complexity index is 184. The highest BCUT2D eigenvalue weighted by molar-refractivity contribution is 5.77. The third-order valence-electron chi connectivity index (χ3n) is 2.56. The molecule has 76 valence electrons. The summed E-state index contributed by atoms with van der Waals surface area (Å²) in [5.41, 5.74) is 0. The fourth-order valence-electron chi connectivity index (χ4n) is 1.70. The molecule has 0 spiro atoms. The molecule has 1 fully saturated rings. The fraction of sp³-hybridized carbons (Fsp3) is 0.889. The van der Waals surface area contributed by atoms with E-state index in [0.717, 1.165) is 19.4 Å². The predicted molar refractivity (Wildman–Crippen MR) is 50.0 cm³/mol. The average molecular weight is 186 g/mol. The molecule has 1 rings (SSSR count). The normalized spacial score (nSPS) is 28.5. The van der Waals surface area contributed by atoms with Gasteiger partial charge >= 0.3 is 0 Å². The van der Waals surface area contributed by atoms with Crippen molar-refractivity contribution in [2.24, 2.45) is 5.92 Å². The molecule has 4 heteroatoms. The van der Waals surface area contributed by atoms with E-state index in [0.29, 0.717) is 6.04 Å². The van der Waals surface area contributed by atoms with Crippen LogP contribution >= 0.6 is 0 Å². The molecule has 1 aliphatic rings. The van der Waals surface area contributed by atoms with Crippen LogP contribution in [-0.4, -0.2) is 37.7 Å². The number of hydrogen-bond acceptors (Lipinski definition) is 3. The number of carbonyl (C=O) groups is 1. The molecule has 0 aliphatic carbocycles. The van der Waals surface area contributed by atoms with E-state index in [1.807, 2.05) is 0 Å². The van der Waals surface area contributed by atoms with E-state index in [4.69, 9.17) is 4.84 Å². The van der Waals surface area contributed by atoms with Crippen molar-refractivity contribution in [3.63, 3.8) is 0 Å². The Balaban J connectivity index is 2.46. The summed E-state index contributed by atoms with van der Waals surface area (Å²) in [5, 5.41) is 4.63. The Morgan fingerprint density at radius 3 is 2.85 bits per heavy atom. The third kappa shape index (κ3) is 2.67. The summed E-state index contributed by atoms with van der Waals surface area (Å²) in [4.78, 5) is 16.5. The lowest BCUT2D eigenvalue weighted by Gasteiger charge is -2.29. The Morgan fingerprint density at radius 1 is 1.62 bits per heavy atom. The van der Waals surface area contributed by atoms with E-state index in [1.54, 1.807) is 7.05 Å². The quantitative estimate of drug-likeness (QED) is 0.634. The van der Waals surface area contributed by atoms with Gasteiger partial charge in [0.25, 0.3) is 0 Å². The first kappa shape index (κ1) is 10.5. The maximum absolute atomic E-state index is 11.6. The topological polar surface area (TPSA) is 41.6 Å². The summed E-state index contributed by atoms with van der Waals surface area (Å²) in [6, 6.07) is 0.438. The van der Waals surface area contributed by atoms with Gasteiger partial charge in [-0.2, -0.15) is 0 Å². The zero-order valence-corrected chi connectivity index (χ0v) is 8.54. The van der Waals surface area contributed by atoms with Gasteiger partial charge in [-0.1, -0.05) is 0 Å². The number of hydroxylamine groups is 2. The van der Waals surface area contributed by atoms with E-state index < -0.39 is 0 Å². The van der Waals surface area contributed by atoms with E-state index >= 15 is 0 Å². The van der Waals surface area contributed by atoms with Gasteiger partial charge in [-0.15, -0.1) is 0 Å². The summed E-state index contributed by atoms with van der Waals surface area (Å²) in [7, 11) is 3.18. The van der Waals surface area contributed by atoms with Gasteiger partial charge in [-0.3, -0.25) is 9.63 Å². The van der Waals surface area contributed by atoms with Gasteiger partial charge in [0.1, 0.15) is 0 Å². The van der Waals surface area contributed by atoms with Crippen LogP contribution in [0.25, 0.3) is 0 Å². The van der Waals surface area contributed by atoms with Crippen molar-refractivity contribution >= 4 is 5.91 Å². The third-order valence-corrected chi connectivity index (χ3v) is 2.56. The lowest BCUT2D eigenvalue weighted by molar-refractivity contribution is -0.174. The highest BCUT2D eigenvalue weighted by atomic mass is 16.7. The van der Waals surface area contributed by atoms with Crippen LogP contribution in [0.3, 0.4) is 0 Å². The minimum absolute atomic E-state index is 0.0934. The molecule has 1 saturated heterocycles. The van der Waals surface area contributed by atoms with Crippen molar-refractivity contribution in [3.8, 4) is 0 Å². The van der Waals surface area contributed by atoms with Crippen LogP contribution in [0.2, 0.25) is 0 Å². The van der Waals surface area contributed by atoms with Crippen molar-refractivity contribution in [1.29, 1.82) is 0 Å². The standard InChI is InChI=1S/C9H18N2O2/c1-7-6-8(4-5-10-7)9(12)11(2)13-3/h7-8,10H,4-6H2,1-3H3/t7-,8-/m1/s1. The van der Waals surface area contributed by atoms with Crippen molar-refractivity contribution in [3.05, 3.63) is 0 Å². The predicted octanol–water partition coefficient (Wildman–Crippen LogP) is 0.394.